The van der Waals surface area contributed by atoms with Crippen molar-refractivity contribution in [3.8, 4) is 0 Å². The first-order valence-corrected chi connectivity index (χ1v) is 10.5. The summed E-state index contributed by atoms with van der Waals surface area (Å²) in [5, 5.41) is 4.13. The molecule has 7 nitrogen and oxygen atoms in total. The molecule has 1 saturated heterocycles. The van der Waals surface area contributed by atoms with Crippen LogP contribution in [-0.2, 0) is 4.74 Å². The van der Waals surface area contributed by atoms with E-state index in [0.29, 0.717) is 25.6 Å². The molecule has 1 N–H and O–H groups in total. The van der Waals surface area contributed by atoms with Crippen LogP contribution in [0.4, 0.5) is 5.95 Å². The largest absolute Gasteiger partial charge is 0.370 e. The lowest BCUT2D eigenvalue weighted by Crippen LogP contribution is -2.40. The zero-order valence-electron chi connectivity index (χ0n) is 16.7. The monoisotopic (exact) mass is 411 g/mol. The Morgan fingerprint density at radius 1 is 1.28 bits per heavy atom. The van der Waals surface area contributed by atoms with Crippen molar-refractivity contribution in [3.05, 3.63) is 53.2 Å². The first-order valence-electron chi connectivity index (χ1n) is 9.71. The second-order valence-corrected chi connectivity index (χ2v) is 8.31. The van der Waals surface area contributed by atoms with Gasteiger partial charge in [-0.15, -0.1) is 11.3 Å². The van der Waals surface area contributed by atoms with E-state index in [4.69, 9.17) is 4.74 Å². The molecule has 1 aliphatic heterocycles. The summed E-state index contributed by atoms with van der Waals surface area (Å²) >= 11 is 1.53. The predicted octanol–water partition coefficient (Wildman–Crippen LogP) is 2.56. The number of hydrogen-bond donors (Lipinski definition) is 1. The van der Waals surface area contributed by atoms with Crippen LogP contribution in [0.25, 0.3) is 10.1 Å². The van der Waals surface area contributed by atoms with E-state index in [2.05, 4.69) is 32.3 Å². The van der Waals surface area contributed by atoms with Gasteiger partial charge in [-0.25, -0.2) is 9.97 Å². The highest BCUT2D eigenvalue weighted by Crippen LogP contribution is 2.38. The van der Waals surface area contributed by atoms with Crippen molar-refractivity contribution in [3.63, 3.8) is 0 Å². The van der Waals surface area contributed by atoms with Crippen LogP contribution in [0.5, 0.6) is 0 Å². The normalized spacial score (nSPS) is 17.1. The number of benzene rings is 1. The fourth-order valence-corrected chi connectivity index (χ4v) is 4.66. The second-order valence-electron chi connectivity index (χ2n) is 7.25. The summed E-state index contributed by atoms with van der Waals surface area (Å²) in [6.45, 7) is 3.31. The van der Waals surface area contributed by atoms with Crippen LogP contribution in [0.3, 0.4) is 0 Å². The molecule has 152 valence electrons. The van der Waals surface area contributed by atoms with Gasteiger partial charge in [0, 0.05) is 42.3 Å². The topological polar surface area (TPSA) is 70.6 Å². The van der Waals surface area contributed by atoms with Crippen LogP contribution in [0.2, 0.25) is 0 Å². The van der Waals surface area contributed by atoms with Gasteiger partial charge in [0.1, 0.15) is 6.10 Å². The van der Waals surface area contributed by atoms with E-state index in [1.165, 1.54) is 11.3 Å². The summed E-state index contributed by atoms with van der Waals surface area (Å²) in [4.78, 5) is 26.6. The van der Waals surface area contributed by atoms with Crippen LogP contribution in [0.1, 0.15) is 21.3 Å². The Balaban J connectivity index is 1.64. The SMILES string of the molecule is CN(C)CCNC(=O)c1sc2ccccc2c1C1CN(c2ncccn2)CCO1. The second kappa shape index (κ2) is 8.86. The minimum absolute atomic E-state index is 0.0419. The molecule has 29 heavy (non-hydrogen) atoms. The van der Waals surface area contributed by atoms with Crippen molar-refractivity contribution in [2.75, 3.05) is 51.8 Å². The third-order valence-electron chi connectivity index (χ3n) is 4.91. The van der Waals surface area contributed by atoms with Gasteiger partial charge in [0.2, 0.25) is 5.95 Å². The maximum absolute atomic E-state index is 13.0. The summed E-state index contributed by atoms with van der Waals surface area (Å²) in [6.07, 6.45) is 3.28. The summed E-state index contributed by atoms with van der Waals surface area (Å²) < 4.78 is 7.23. The predicted molar refractivity (Wildman–Crippen MR) is 116 cm³/mol. The Morgan fingerprint density at radius 2 is 2.07 bits per heavy atom. The third kappa shape index (κ3) is 4.39. The van der Waals surface area contributed by atoms with E-state index in [-0.39, 0.29) is 12.0 Å². The van der Waals surface area contributed by atoms with Gasteiger partial charge < -0.3 is 19.9 Å². The average Bonchev–Trinajstić information content (AvgIpc) is 3.14. The van der Waals surface area contributed by atoms with Crippen molar-refractivity contribution in [1.29, 1.82) is 0 Å². The van der Waals surface area contributed by atoms with Gasteiger partial charge in [0.05, 0.1) is 18.0 Å². The number of morpholine rings is 1. The molecule has 1 aromatic carbocycles. The van der Waals surface area contributed by atoms with Crippen molar-refractivity contribution in [2.24, 2.45) is 0 Å². The molecule has 8 heteroatoms. The number of carbonyl (C=O) groups excluding carboxylic acids is 1. The Morgan fingerprint density at radius 3 is 2.86 bits per heavy atom. The minimum atomic E-state index is -0.210. The average molecular weight is 412 g/mol. The van der Waals surface area contributed by atoms with Crippen molar-refractivity contribution < 1.29 is 9.53 Å². The molecule has 0 spiro atoms. The summed E-state index contributed by atoms with van der Waals surface area (Å²) in [5.41, 5.74) is 0.966. The molecule has 4 rings (SSSR count). The molecule has 1 unspecified atom stereocenters. The maximum atomic E-state index is 13.0. The summed E-state index contributed by atoms with van der Waals surface area (Å²) in [7, 11) is 3.99. The van der Waals surface area contributed by atoms with E-state index in [9.17, 15) is 4.79 Å². The molecule has 1 atom stereocenters. The van der Waals surface area contributed by atoms with Crippen LogP contribution in [0, 0.1) is 0 Å². The Labute approximate surface area is 174 Å². The fourth-order valence-electron chi connectivity index (χ4n) is 3.49. The van der Waals surface area contributed by atoms with Gasteiger partial charge in [-0.05, 0) is 31.6 Å². The molecule has 3 aromatic rings. The maximum Gasteiger partial charge on any atom is 0.261 e. The Kier molecular flexibility index (Phi) is 6.03. The number of carbonyl (C=O) groups is 1. The molecule has 1 aliphatic rings. The Bertz CT molecular complexity index is 976. The molecule has 0 bridgehead atoms. The number of fused-ring (bicyclic) bond motifs is 1. The lowest BCUT2D eigenvalue weighted by molar-refractivity contribution is 0.0396. The minimum Gasteiger partial charge on any atom is -0.370 e. The van der Waals surface area contributed by atoms with Gasteiger partial charge in [0.25, 0.3) is 5.91 Å². The van der Waals surface area contributed by atoms with Gasteiger partial charge in [-0.2, -0.15) is 0 Å². The zero-order valence-corrected chi connectivity index (χ0v) is 17.5. The van der Waals surface area contributed by atoms with Crippen molar-refractivity contribution >= 4 is 33.3 Å². The van der Waals surface area contributed by atoms with Gasteiger partial charge in [0.15, 0.2) is 0 Å². The number of likely N-dealkylation sites (N-methyl/N-ethyl adjacent to an activating group) is 1. The number of nitrogens with one attached hydrogen (secondary N) is 1. The fraction of sp³-hybridized carbons (Fsp3) is 0.381. The number of rotatable bonds is 6. The molecular formula is C21H25N5O2S. The molecule has 2 aromatic heterocycles. The van der Waals surface area contributed by atoms with Crippen LogP contribution >= 0.6 is 11.3 Å². The molecule has 0 radical (unpaired) electrons. The van der Waals surface area contributed by atoms with Crippen molar-refractivity contribution in [1.82, 2.24) is 20.2 Å². The lowest BCUT2D eigenvalue weighted by atomic mass is 10.0. The van der Waals surface area contributed by atoms with Gasteiger partial charge in [-0.3, -0.25) is 4.79 Å². The van der Waals surface area contributed by atoms with Crippen LogP contribution in [0.15, 0.2) is 42.7 Å². The van der Waals surface area contributed by atoms with Gasteiger partial charge in [-0.1, -0.05) is 18.2 Å². The number of thiophene rings is 1. The number of nitrogens with zero attached hydrogens (tertiary/aromatic N) is 4. The smallest absolute Gasteiger partial charge is 0.261 e. The molecule has 1 fully saturated rings. The molecule has 0 saturated carbocycles. The standard InChI is InChI=1S/C21H25N5O2S/c1-25(2)11-10-22-20(27)19-18(15-6-3-4-7-17(15)29-19)16-14-26(12-13-28-16)21-23-8-5-9-24-21/h3-9,16H,10-14H2,1-2H3,(H,22,27). The number of anilines is 1. The summed E-state index contributed by atoms with van der Waals surface area (Å²) in [5.74, 6) is 0.650. The summed E-state index contributed by atoms with van der Waals surface area (Å²) in [6, 6.07) is 9.94. The number of hydrogen-bond acceptors (Lipinski definition) is 7. The first-order chi connectivity index (χ1) is 14.1. The molecule has 1 amide bonds. The van der Waals surface area contributed by atoms with Gasteiger partial charge >= 0.3 is 0 Å². The third-order valence-corrected chi connectivity index (χ3v) is 6.09. The highest BCUT2D eigenvalue weighted by Gasteiger charge is 2.30. The molecular weight excluding hydrogens is 386 g/mol. The number of amides is 1. The van der Waals surface area contributed by atoms with E-state index < -0.39 is 0 Å². The highest BCUT2D eigenvalue weighted by molar-refractivity contribution is 7.21. The van der Waals surface area contributed by atoms with Crippen LogP contribution < -0.4 is 10.2 Å². The van der Waals surface area contributed by atoms with Crippen molar-refractivity contribution in [2.45, 2.75) is 6.10 Å². The van der Waals surface area contributed by atoms with E-state index >= 15 is 0 Å². The number of aromatic nitrogens is 2. The van der Waals surface area contributed by atoms with E-state index in [1.807, 2.05) is 37.2 Å². The molecule has 0 aliphatic carbocycles. The van der Waals surface area contributed by atoms with Crippen LogP contribution in [-0.4, -0.2) is 67.7 Å². The highest BCUT2D eigenvalue weighted by atomic mass is 32.1. The number of ether oxygens (including phenoxy) is 1. The molecule has 3 heterocycles. The van der Waals surface area contributed by atoms with E-state index in [1.54, 1.807) is 12.4 Å². The zero-order chi connectivity index (χ0) is 20.2. The first kappa shape index (κ1) is 19.8. The van der Waals surface area contributed by atoms with E-state index in [0.717, 1.165) is 33.6 Å². The Hall–Kier alpha value is -2.55. The quantitative estimate of drug-likeness (QED) is 0.672. The lowest BCUT2D eigenvalue weighted by Gasteiger charge is -2.33.